The van der Waals surface area contributed by atoms with E-state index >= 15 is 0 Å². The topological polar surface area (TPSA) is 58.4 Å². The summed E-state index contributed by atoms with van der Waals surface area (Å²) in [6.45, 7) is 4.37. The van der Waals surface area contributed by atoms with Crippen molar-refractivity contribution in [3.63, 3.8) is 0 Å². The summed E-state index contributed by atoms with van der Waals surface area (Å²) in [6.07, 6.45) is 3.22. The second-order valence-corrected chi connectivity index (χ2v) is 6.42. The van der Waals surface area contributed by atoms with E-state index in [1.54, 1.807) is 18.8 Å². The number of nitrogens with one attached hydrogen (secondary N) is 1. The summed E-state index contributed by atoms with van der Waals surface area (Å²) >= 11 is 3.13. The maximum absolute atomic E-state index is 11.8. The number of anilines is 2. The summed E-state index contributed by atoms with van der Waals surface area (Å²) in [7, 11) is 1.64. The van der Waals surface area contributed by atoms with Crippen molar-refractivity contribution in [2.24, 2.45) is 5.92 Å². The van der Waals surface area contributed by atoms with Crippen molar-refractivity contribution >= 4 is 39.7 Å². The van der Waals surface area contributed by atoms with E-state index < -0.39 is 0 Å². The molecule has 1 aliphatic heterocycles. The Balaban J connectivity index is 2.38. The molecular weight excluding hydrogens is 266 g/mol. The average molecular weight is 285 g/mol. The van der Waals surface area contributed by atoms with Crippen LogP contribution in [0.15, 0.2) is 4.90 Å². The second kappa shape index (κ2) is 5.40. The van der Waals surface area contributed by atoms with Gasteiger partial charge in [-0.3, -0.25) is 4.79 Å². The van der Waals surface area contributed by atoms with E-state index in [9.17, 15) is 4.79 Å². The SMILES string of the molecule is CNC(=O)c1sc(N2CCC(C)C2)c(SC)c1N. The summed E-state index contributed by atoms with van der Waals surface area (Å²) in [4.78, 5) is 15.8. The highest BCUT2D eigenvalue weighted by molar-refractivity contribution is 7.99. The minimum atomic E-state index is -0.0914. The predicted octanol–water partition coefficient (Wildman–Crippen LogP) is 2.26. The molecule has 2 rings (SSSR count). The van der Waals surface area contributed by atoms with Crippen LogP contribution in [-0.4, -0.2) is 32.3 Å². The Morgan fingerprint density at radius 3 is 2.83 bits per heavy atom. The number of carbonyl (C=O) groups excluding carboxylic acids is 1. The number of amides is 1. The zero-order valence-electron chi connectivity index (χ0n) is 10.9. The smallest absolute Gasteiger partial charge is 0.263 e. The zero-order valence-corrected chi connectivity index (χ0v) is 12.6. The third kappa shape index (κ3) is 2.31. The summed E-state index contributed by atoms with van der Waals surface area (Å²) in [5.74, 6) is 0.623. The van der Waals surface area contributed by atoms with Crippen LogP contribution in [0.2, 0.25) is 0 Å². The highest BCUT2D eigenvalue weighted by Crippen LogP contribution is 2.45. The first-order chi connectivity index (χ1) is 8.58. The summed E-state index contributed by atoms with van der Waals surface area (Å²) in [5, 5.41) is 3.81. The third-order valence-corrected chi connectivity index (χ3v) is 5.45. The van der Waals surface area contributed by atoms with Crippen molar-refractivity contribution in [2.45, 2.75) is 18.2 Å². The van der Waals surface area contributed by atoms with E-state index in [2.05, 4.69) is 17.1 Å². The van der Waals surface area contributed by atoms with Crippen LogP contribution in [0.5, 0.6) is 0 Å². The maximum Gasteiger partial charge on any atom is 0.263 e. The van der Waals surface area contributed by atoms with Crippen molar-refractivity contribution in [1.29, 1.82) is 0 Å². The normalized spacial score (nSPS) is 19.3. The van der Waals surface area contributed by atoms with E-state index in [0.717, 1.165) is 23.0 Å². The molecule has 0 aliphatic carbocycles. The minimum absolute atomic E-state index is 0.0914. The van der Waals surface area contributed by atoms with Gasteiger partial charge in [0.1, 0.15) is 9.88 Å². The molecule has 6 heteroatoms. The summed E-state index contributed by atoms with van der Waals surface area (Å²) < 4.78 is 0. The molecule has 2 heterocycles. The minimum Gasteiger partial charge on any atom is -0.396 e. The van der Waals surface area contributed by atoms with Gasteiger partial charge in [0.2, 0.25) is 0 Å². The van der Waals surface area contributed by atoms with Crippen LogP contribution in [0.4, 0.5) is 10.7 Å². The van der Waals surface area contributed by atoms with Gasteiger partial charge in [-0.2, -0.15) is 0 Å². The monoisotopic (exact) mass is 285 g/mol. The Morgan fingerprint density at radius 1 is 1.61 bits per heavy atom. The number of hydrogen-bond donors (Lipinski definition) is 2. The van der Waals surface area contributed by atoms with Gasteiger partial charge in [-0.15, -0.1) is 23.1 Å². The maximum atomic E-state index is 11.8. The van der Waals surface area contributed by atoms with Crippen molar-refractivity contribution in [2.75, 3.05) is 37.0 Å². The number of nitrogens with zero attached hydrogens (tertiary/aromatic N) is 1. The molecule has 1 aliphatic rings. The van der Waals surface area contributed by atoms with Crippen LogP contribution in [-0.2, 0) is 0 Å². The molecule has 4 nitrogen and oxygen atoms in total. The summed E-state index contributed by atoms with van der Waals surface area (Å²) in [5.41, 5.74) is 6.72. The van der Waals surface area contributed by atoms with Gasteiger partial charge < -0.3 is 16.0 Å². The molecule has 1 unspecified atom stereocenters. The molecule has 1 aromatic heterocycles. The fourth-order valence-corrected chi connectivity index (χ4v) is 4.39. The van der Waals surface area contributed by atoms with Crippen LogP contribution in [0.25, 0.3) is 0 Å². The Hall–Kier alpha value is -0.880. The fourth-order valence-electron chi connectivity index (χ4n) is 2.22. The highest BCUT2D eigenvalue weighted by atomic mass is 32.2. The molecule has 1 atom stereocenters. The zero-order chi connectivity index (χ0) is 13.3. The molecular formula is C12H19N3OS2. The van der Waals surface area contributed by atoms with Crippen LogP contribution >= 0.6 is 23.1 Å². The number of nitrogen functional groups attached to an aromatic ring is 1. The largest absolute Gasteiger partial charge is 0.396 e. The molecule has 3 N–H and O–H groups in total. The molecule has 0 bridgehead atoms. The lowest BCUT2D eigenvalue weighted by molar-refractivity contribution is 0.0968. The fraction of sp³-hybridized carbons (Fsp3) is 0.583. The van der Waals surface area contributed by atoms with Crippen LogP contribution < -0.4 is 16.0 Å². The van der Waals surface area contributed by atoms with E-state index in [4.69, 9.17) is 5.73 Å². The van der Waals surface area contributed by atoms with Gasteiger partial charge in [0.15, 0.2) is 0 Å². The Morgan fingerprint density at radius 2 is 2.33 bits per heavy atom. The molecule has 100 valence electrons. The quantitative estimate of drug-likeness (QED) is 0.836. The predicted molar refractivity (Wildman–Crippen MR) is 79.9 cm³/mol. The number of carbonyl (C=O) groups is 1. The van der Waals surface area contributed by atoms with Gasteiger partial charge in [-0.05, 0) is 18.6 Å². The van der Waals surface area contributed by atoms with Gasteiger partial charge >= 0.3 is 0 Å². The Kier molecular flexibility index (Phi) is 4.07. The van der Waals surface area contributed by atoms with Crippen molar-refractivity contribution < 1.29 is 4.79 Å². The molecule has 1 amide bonds. The first-order valence-corrected chi connectivity index (χ1v) is 8.05. The van der Waals surface area contributed by atoms with Crippen molar-refractivity contribution in [3.8, 4) is 0 Å². The van der Waals surface area contributed by atoms with E-state index in [1.807, 2.05) is 6.26 Å². The third-order valence-electron chi connectivity index (χ3n) is 3.23. The number of thiophene rings is 1. The van der Waals surface area contributed by atoms with E-state index in [-0.39, 0.29) is 5.91 Å². The molecule has 1 aromatic rings. The number of thioether (sulfide) groups is 1. The molecule has 1 fully saturated rings. The second-order valence-electron chi connectivity index (χ2n) is 4.60. The first kappa shape index (κ1) is 13.5. The number of rotatable bonds is 3. The molecule has 1 saturated heterocycles. The molecule has 18 heavy (non-hydrogen) atoms. The molecule has 0 radical (unpaired) electrons. The van der Waals surface area contributed by atoms with E-state index in [1.165, 1.54) is 17.8 Å². The van der Waals surface area contributed by atoms with Gasteiger partial charge in [-0.1, -0.05) is 6.92 Å². The summed E-state index contributed by atoms with van der Waals surface area (Å²) in [6, 6.07) is 0. The standard InChI is InChI=1S/C12H19N3OS2/c1-7-4-5-15(6-7)12-10(17-3)8(13)9(18-12)11(16)14-2/h7H,4-6,13H2,1-3H3,(H,14,16). The lowest BCUT2D eigenvalue weighted by Gasteiger charge is -2.17. The Bertz CT molecular complexity index is 458. The van der Waals surface area contributed by atoms with Crippen molar-refractivity contribution in [1.82, 2.24) is 5.32 Å². The van der Waals surface area contributed by atoms with Gasteiger partial charge in [-0.25, -0.2) is 0 Å². The molecule has 0 spiro atoms. The van der Waals surface area contributed by atoms with E-state index in [0.29, 0.717) is 16.5 Å². The number of hydrogen-bond acceptors (Lipinski definition) is 5. The van der Waals surface area contributed by atoms with Gasteiger partial charge in [0.25, 0.3) is 5.91 Å². The lowest BCUT2D eigenvalue weighted by Crippen LogP contribution is -2.18. The average Bonchev–Trinajstić information content (AvgIpc) is 2.92. The highest BCUT2D eigenvalue weighted by Gasteiger charge is 2.27. The van der Waals surface area contributed by atoms with Crippen LogP contribution in [0, 0.1) is 5.92 Å². The lowest BCUT2D eigenvalue weighted by atomic mass is 10.2. The van der Waals surface area contributed by atoms with Crippen LogP contribution in [0.3, 0.4) is 0 Å². The molecule has 0 saturated carbocycles. The van der Waals surface area contributed by atoms with Crippen LogP contribution in [0.1, 0.15) is 23.0 Å². The first-order valence-electron chi connectivity index (χ1n) is 6.01. The molecule has 0 aromatic carbocycles. The number of nitrogens with two attached hydrogens (primary N) is 1. The Labute approximate surface area is 116 Å². The van der Waals surface area contributed by atoms with Gasteiger partial charge in [0, 0.05) is 20.1 Å². The van der Waals surface area contributed by atoms with Crippen molar-refractivity contribution in [3.05, 3.63) is 4.88 Å². The van der Waals surface area contributed by atoms with Gasteiger partial charge in [0.05, 0.1) is 10.6 Å².